The van der Waals surface area contributed by atoms with E-state index in [1.165, 1.54) is 18.8 Å². The highest BCUT2D eigenvalue weighted by Crippen LogP contribution is 2.37. The van der Waals surface area contributed by atoms with Gasteiger partial charge in [0.25, 0.3) is 0 Å². The standard InChI is InChI=1S/C25H33N7O3.C24H34ClN5O3.C2H6/c1-16(2)30-25-22(10-26)24(32(4)18-11-28-15-29-12-18)9-23(31-25)17-6-20(34-5)8-21(7-17)35-14-19(33)13-27-3;1-15(2)28-24-21(12-26)23(29-18-4-6-32-7-5-18)11-22(30-24)16-8-17(25)10-20(9-16)33-14-19(31)13-27-3;1-2/h6-12,15-16,19,26-27,33H,13-14H2,1-5H3,(H,30,31);8-12,15,18-19,26-27,31H,4-7,13-14H2,1-3H3,(H2,28,29,30);1-2H3. The average molecular weight is 986 g/mol. The second-order valence-corrected chi connectivity index (χ2v) is 17.2. The van der Waals surface area contributed by atoms with Gasteiger partial charge in [-0.05, 0) is 97.1 Å². The quantitative estimate of drug-likeness (QED) is 0.0283. The first-order valence-corrected chi connectivity index (χ1v) is 24.0. The van der Waals surface area contributed by atoms with Crippen molar-refractivity contribution in [3.05, 3.63) is 83.4 Å². The first-order chi connectivity index (χ1) is 33.7. The van der Waals surface area contributed by atoms with Gasteiger partial charge in [-0.15, -0.1) is 0 Å². The predicted molar refractivity (Wildman–Crippen MR) is 284 cm³/mol. The van der Waals surface area contributed by atoms with Crippen molar-refractivity contribution in [2.24, 2.45) is 0 Å². The Morgan fingerprint density at radius 2 is 1.27 bits per heavy atom. The van der Waals surface area contributed by atoms with Gasteiger partial charge in [-0.2, -0.15) is 0 Å². The number of aliphatic hydroxyl groups excluding tert-OH is 2. The van der Waals surface area contributed by atoms with E-state index < -0.39 is 12.2 Å². The van der Waals surface area contributed by atoms with Crippen LogP contribution in [0.25, 0.3) is 22.5 Å². The van der Waals surface area contributed by atoms with Gasteiger partial charge in [-0.25, -0.2) is 19.9 Å². The fourth-order valence-corrected chi connectivity index (χ4v) is 7.42. The van der Waals surface area contributed by atoms with Crippen LogP contribution >= 0.6 is 11.6 Å². The molecule has 0 amide bonds. The number of nitrogens with one attached hydrogen (secondary N) is 7. The number of aromatic nitrogens is 4. The highest BCUT2D eigenvalue weighted by Gasteiger charge is 2.21. The van der Waals surface area contributed by atoms with E-state index in [9.17, 15) is 10.2 Å². The van der Waals surface area contributed by atoms with Gasteiger partial charge in [0, 0.05) is 91.8 Å². The molecule has 1 aliphatic heterocycles. The summed E-state index contributed by atoms with van der Waals surface area (Å²) in [5.41, 5.74) is 6.67. The maximum Gasteiger partial charge on any atom is 0.137 e. The second-order valence-electron chi connectivity index (χ2n) is 16.8. The number of likely N-dealkylation sites (N-methyl/N-ethyl adjacent to an activating group) is 2. The average Bonchev–Trinajstić information content (AvgIpc) is 3.35. The Bertz CT molecular complexity index is 2390. The monoisotopic (exact) mass is 985 g/mol. The van der Waals surface area contributed by atoms with Gasteiger partial charge in [0.05, 0.1) is 53.4 Å². The molecule has 1 saturated heterocycles. The number of methoxy groups -OCH3 is 1. The van der Waals surface area contributed by atoms with E-state index in [1.54, 1.807) is 45.7 Å². The summed E-state index contributed by atoms with van der Waals surface area (Å²) in [5.74, 6) is 2.93. The van der Waals surface area contributed by atoms with Crippen molar-refractivity contribution in [2.75, 3.05) is 88.6 Å². The number of hydrogen-bond donors (Lipinski definition) is 9. The van der Waals surface area contributed by atoms with Gasteiger partial charge in [0.1, 0.15) is 60.6 Å². The molecule has 380 valence electrons. The molecule has 2 atom stereocenters. The zero-order valence-electron chi connectivity index (χ0n) is 42.2. The number of halogens is 1. The van der Waals surface area contributed by atoms with E-state index in [-0.39, 0.29) is 31.3 Å². The molecule has 1 fully saturated rings. The van der Waals surface area contributed by atoms with Crippen molar-refractivity contribution in [1.82, 2.24) is 30.6 Å². The van der Waals surface area contributed by atoms with Crippen LogP contribution < -0.4 is 45.7 Å². The summed E-state index contributed by atoms with van der Waals surface area (Å²) in [4.78, 5) is 19.8. The first-order valence-electron chi connectivity index (χ1n) is 23.6. The second kappa shape index (κ2) is 29.1. The van der Waals surface area contributed by atoms with E-state index in [1.807, 2.05) is 89.9 Å². The number of nitrogens with zero attached hydrogens (tertiary/aromatic N) is 5. The molecule has 2 aromatic carbocycles. The summed E-state index contributed by atoms with van der Waals surface area (Å²) in [6.45, 7) is 14.7. The van der Waals surface area contributed by atoms with Crippen LogP contribution in [0.5, 0.6) is 17.2 Å². The number of benzene rings is 2. The molecule has 0 radical (unpaired) electrons. The maximum absolute atomic E-state index is 10.0. The third kappa shape index (κ3) is 17.1. The molecule has 9 N–H and O–H groups in total. The molecule has 6 rings (SSSR count). The predicted octanol–water partition coefficient (Wildman–Crippen LogP) is 7.89. The third-order valence-corrected chi connectivity index (χ3v) is 10.7. The van der Waals surface area contributed by atoms with Crippen molar-refractivity contribution in [3.63, 3.8) is 0 Å². The smallest absolute Gasteiger partial charge is 0.137 e. The highest BCUT2D eigenvalue weighted by atomic mass is 35.5. The molecule has 19 heteroatoms. The third-order valence-electron chi connectivity index (χ3n) is 10.5. The molecule has 5 aromatic rings. The van der Waals surface area contributed by atoms with Gasteiger partial charge in [0.15, 0.2) is 0 Å². The zero-order chi connectivity index (χ0) is 51.2. The summed E-state index contributed by atoms with van der Waals surface area (Å²) in [5, 5.41) is 52.8. The summed E-state index contributed by atoms with van der Waals surface area (Å²) in [6, 6.07) is 15.3. The van der Waals surface area contributed by atoms with Crippen LogP contribution in [0.15, 0.2) is 67.3 Å². The highest BCUT2D eigenvalue weighted by molar-refractivity contribution is 6.31. The van der Waals surface area contributed by atoms with E-state index in [0.717, 1.165) is 54.2 Å². The van der Waals surface area contributed by atoms with Crippen LogP contribution in [0.3, 0.4) is 0 Å². The minimum Gasteiger partial charge on any atom is -0.497 e. The number of pyridine rings is 2. The number of rotatable bonds is 23. The lowest BCUT2D eigenvalue weighted by Crippen LogP contribution is -2.29. The largest absolute Gasteiger partial charge is 0.497 e. The molecule has 4 heterocycles. The fraction of sp³-hybridized carbons (Fsp3) is 0.451. The number of aliphatic hydroxyl groups is 2. The Labute approximate surface area is 418 Å². The Morgan fingerprint density at radius 1 is 0.757 bits per heavy atom. The van der Waals surface area contributed by atoms with Crippen molar-refractivity contribution in [1.29, 1.82) is 10.8 Å². The van der Waals surface area contributed by atoms with Gasteiger partial charge in [-0.1, -0.05) is 25.4 Å². The summed E-state index contributed by atoms with van der Waals surface area (Å²) in [6.07, 6.45) is 8.07. The van der Waals surface area contributed by atoms with Crippen molar-refractivity contribution < 1.29 is 29.2 Å². The fourth-order valence-electron chi connectivity index (χ4n) is 7.20. The van der Waals surface area contributed by atoms with Gasteiger partial charge in [0.2, 0.25) is 0 Å². The number of anilines is 5. The van der Waals surface area contributed by atoms with E-state index in [0.29, 0.717) is 69.5 Å². The number of ether oxygens (including phenoxy) is 4. The molecule has 0 bridgehead atoms. The summed E-state index contributed by atoms with van der Waals surface area (Å²) >= 11 is 6.39. The lowest BCUT2D eigenvalue weighted by molar-refractivity contribution is 0.0904. The summed E-state index contributed by atoms with van der Waals surface area (Å²) in [7, 11) is 7.03. The normalized spacial score (nSPS) is 13.2. The molecule has 1 aliphatic rings. The first kappa shape index (κ1) is 56.4. The molecule has 3 aromatic heterocycles. The molecule has 0 saturated carbocycles. The van der Waals surface area contributed by atoms with Crippen LogP contribution in [0.2, 0.25) is 5.02 Å². The molecule has 0 spiro atoms. The molecule has 0 aliphatic carbocycles. The Kier molecular flexibility index (Phi) is 23.5. The molecular formula is C51H73ClN12O6. The van der Waals surface area contributed by atoms with Crippen LogP contribution in [-0.2, 0) is 4.74 Å². The van der Waals surface area contributed by atoms with Crippen LogP contribution in [0.4, 0.5) is 28.7 Å². The molecule has 18 nitrogen and oxygen atoms in total. The van der Waals surface area contributed by atoms with Crippen molar-refractivity contribution in [2.45, 2.75) is 84.7 Å². The minimum atomic E-state index is -0.644. The van der Waals surface area contributed by atoms with E-state index in [4.69, 9.17) is 51.3 Å². The topological polar surface area (TPSA) is 240 Å². The zero-order valence-corrected chi connectivity index (χ0v) is 42.9. The Hall–Kier alpha value is -6.15. The summed E-state index contributed by atoms with van der Waals surface area (Å²) < 4.78 is 22.6. The van der Waals surface area contributed by atoms with Crippen LogP contribution in [-0.4, -0.2) is 141 Å². The SMILES string of the molecule is CC.CNCC(O)COc1cc(Cl)cc(-c2cc(NC3CCOCC3)c(C=N)c(NC(C)C)n2)c1.CNCC(O)COc1cc(OC)cc(-c2cc(N(C)c3cncnc3)c(C=N)c(NC(C)C)n2)c1. The number of hydrogen-bond acceptors (Lipinski definition) is 18. The molecule has 2 unspecified atom stereocenters. The minimum absolute atomic E-state index is 0.104. The van der Waals surface area contributed by atoms with E-state index >= 15 is 0 Å². The van der Waals surface area contributed by atoms with E-state index in [2.05, 4.69) is 36.6 Å². The van der Waals surface area contributed by atoms with Crippen LogP contribution in [0, 0.1) is 10.8 Å². The van der Waals surface area contributed by atoms with Crippen molar-refractivity contribution >= 4 is 52.7 Å². The van der Waals surface area contributed by atoms with Gasteiger partial charge >= 0.3 is 0 Å². The molecule has 70 heavy (non-hydrogen) atoms. The lowest BCUT2D eigenvalue weighted by Gasteiger charge is -2.26. The van der Waals surface area contributed by atoms with Crippen LogP contribution in [0.1, 0.15) is 65.5 Å². The molecular weight excluding hydrogens is 912 g/mol. The maximum atomic E-state index is 10.0. The lowest BCUT2D eigenvalue weighted by atomic mass is 10.0. The van der Waals surface area contributed by atoms with Gasteiger partial charge < -0.3 is 71.5 Å². The van der Waals surface area contributed by atoms with Crippen molar-refractivity contribution in [3.8, 4) is 39.8 Å². The Morgan fingerprint density at radius 3 is 1.80 bits per heavy atom. The Balaban J connectivity index is 0.000000295. The van der Waals surface area contributed by atoms with Gasteiger partial charge in [-0.3, -0.25) is 0 Å².